The molecule has 0 heterocycles. The zero-order chi connectivity index (χ0) is 13.8. The SMILES string of the molecule is COc1ccc(Cl)cc1N(C)Cc1cccc(N)c1. The van der Waals surface area contributed by atoms with Gasteiger partial charge in [-0.15, -0.1) is 0 Å². The second-order valence-electron chi connectivity index (χ2n) is 4.42. The lowest BCUT2D eigenvalue weighted by atomic mass is 10.2. The van der Waals surface area contributed by atoms with E-state index in [2.05, 4.69) is 4.90 Å². The highest BCUT2D eigenvalue weighted by Gasteiger charge is 2.09. The summed E-state index contributed by atoms with van der Waals surface area (Å²) in [5.41, 5.74) is 8.66. The van der Waals surface area contributed by atoms with Crippen molar-refractivity contribution >= 4 is 23.0 Å². The highest BCUT2D eigenvalue weighted by Crippen LogP contribution is 2.31. The van der Waals surface area contributed by atoms with Crippen LogP contribution in [-0.2, 0) is 6.54 Å². The van der Waals surface area contributed by atoms with Gasteiger partial charge in [0.05, 0.1) is 12.8 Å². The monoisotopic (exact) mass is 276 g/mol. The Bertz CT molecular complexity index is 572. The van der Waals surface area contributed by atoms with Gasteiger partial charge in [0.1, 0.15) is 5.75 Å². The van der Waals surface area contributed by atoms with E-state index in [4.69, 9.17) is 22.1 Å². The number of nitrogens with zero attached hydrogens (tertiary/aromatic N) is 1. The molecule has 2 N–H and O–H groups in total. The Balaban J connectivity index is 2.24. The van der Waals surface area contributed by atoms with Crippen molar-refractivity contribution in [3.8, 4) is 5.75 Å². The Morgan fingerprint density at radius 3 is 2.68 bits per heavy atom. The van der Waals surface area contributed by atoms with Gasteiger partial charge in [0.2, 0.25) is 0 Å². The average molecular weight is 277 g/mol. The molecular weight excluding hydrogens is 260 g/mol. The van der Waals surface area contributed by atoms with Crippen molar-refractivity contribution in [2.45, 2.75) is 6.54 Å². The predicted octanol–water partition coefficient (Wildman–Crippen LogP) is 3.57. The van der Waals surface area contributed by atoms with Crippen molar-refractivity contribution in [2.24, 2.45) is 0 Å². The molecule has 0 aliphatic carbocycles. The molecule has 3 nitrogen and oxygen atoms in total. The minimum Gasteiger partial charge on any atom is -0.495 e. The van der Waals surface area contributed by atoms with E-state index >= 15 is 0 Å². The first-order valence-electron chi connectivity index (χ1n) is 5.99. The van der Waals surface area contributed by atoms with Gasteiger partial charge in [-0.25, -0.2) is 0 Å². The number of nitrogens with two attached hydrogens (primary N) is 1. The fourth-order valence-corrected chi connectivity index (χ4v) is 2.18. The number of ether oxygens (including phenoxy) is 1. The number of anilines is 2. The molecule has 0 saturated carbocycles. The largest absolute Gasteiger partial charge is 0.495 e. The van der Waals surface area contributed by atoms with Crippen molar-refractivity contribution in [3.05, 3.63) is 53.1 Å². The third-order valence-electron chi connectivity index (χ3n) is 2.92. The van der Waals surface area contributed by atoms with E-state index in [1.54, 1.807) is 7.11 Å². The molecule has 0 fully saturated rings. The minimum atomic E-state index is 0.690. The van der Waals surface area contributed by atoms with Crippen LogP contribution in [0, 0.1) is 0 Å². The molecule has 0 aliphatic heterocycles. The molecule has 4 heteroatoms. The molecule has 0 aliphatic rings. The van der Waals surface area contributed by atoms with Gasteiger partial charge in [0.15, 0.2) is 0 Å². The molecule has 100 valence electrons. The van der Waals surface area contributed by atoms with Crippen LogP contribution in [-0.4, -0.2) is 14.2 Å². The smallest absolute Gasteiger partial charge is 0.142 e. The van der Waals surface area contributed by atoms with Gasteiger partial charge in [-0.2, -0.15) is 0 Å². The molecule has 2 aromatic rings. The maximum absolute atomic E-state index is 6.04. The van der Waals surface area contributed by atoms with Crippen molar-refractivity contribution in [1.29, 1.82) is 0 Å². The summed E-state index contributed by atoms with van der Waals surface area (Å²) in [5.74, 6) is 0.802. The summed E-state index contributed by atoms with van der Waals surface area (Å²) in [6.45, 7) is 0.738. The highest BCUT2D eigenvalue weighted by molar-refractivity contribution is 6.30. The van der Waals surface area contributed by atoms with E-state index in [-0.39, 0.29) is 0 Å². The van der Waals surface area contributed by atoms with E-state index in [0.29, 0.717) is 5.02 Å². The first-order chi connectivity index (χ1) is 9.10. The van der Waals surface area contributed by atoms with E-state index in [0.717, 1.165) is 29.2 Å². The van der Waals surface area contributed by atoms with Crippen molar-refractivity contribution in [1.82, 2.24) is 0 Å². The minimum absolute atomic E-state index is 0.690. The summed E-state index contributed by atoms with van der Waals surface area (Å²) in [6, 6.07) is 13.4. The van der Waals surface area contributed by atoms with Crippen molar-refractivity contribution in [2.75, 3.05) is 24.8 Å². The lowest BCUT2D eigenvalue weighted by Crippen LogP contribution is -2.17. The maximum atomic E-state index is 6.04. The predicted molar refractivity (Wildman–Crippen MR) is 81.0 cm³/mol. The van der Waals surface area contributed by atoms with Gasteiger partial charge in [-0.05, 0) is 35.9 Å². The van der Waals surface area contributed by atoms with Crippen LogP contribution in [0.5, 0.6) is 5.75 Å². The Hall–Kier alpha value is -1.87. The lowest BCUT2D eigenvalue weighted by molar-refractivity contribution is 0.415. The zero-order valence-electron chi connectivity index (χ0n) is 11.1. The molecule has 0 bridgehead atoms. The number of rotatable bonds is 4. The first-order valence-corrected chi connectivity index (χ1v) is 6.37. The van der Waals surface area contributed by atoms with Gasteiger partial charge in [-0.3, -0.25) is 0 Å². The third-order valence-corrected chi connectivity index (χ3v) is 3.16. The fourth-order valence-electron chi connectivity index (χ4n) is 2.01. The normalized spacial score (nSPS) is 10.3. The molecule has 2 aromatic carbocycles. The molecule has 0 amide bonds. The highest BCUT2D eigenvalue weighted by atomic mass is 35.5. The summed E-state index contributed by atoms with van der Waals surface area (Å²) >= 11 is 6.04. The summed E-state index contributed by atoms with van der Waals surface area (Å²) in [6.07, 6.45) is 0. The van der Waals surface area contributed by atoms with Crippen LogP contribution in [0.1, 0.15) is 5.56 Å². The maximum Gasteiger partial charge on any atom is 0.142 e. The molecule has 0 unspecified atom stereocenters. The Morgan fingerprint density at radius 1 is 1.21 bits per heavy atom. The van der Waals surface area contributed by atoms with Crippen molar-refractivity contribution in [3.63, 3.8) is 0 Å². The molecule has 0 spiro atoms. The molecule has 19 heavy (non-hydrogen) atoms. The fraction of sp³-hybridized carbons (Fsp3) is 0.200. The number of hydrogen-bond donors (Lipinski definition) is 1. The van der Waals surface area contributed by atoms with E-state index in [1.807, 2.05) is 49.5 Å². The van der Waals surface area contributed by atoms with Crippen molar-refractivity contribution < 1.29 is 4.74 Å². The molecule has 2 rings (SSSR count). The molecular formula is C15H17ClN2O. The van der Waals surface area contributed by atoms with Gasteiger partial charge in [0, 0.05) is 24.3 Å². The molecule has 0 atom stereocenters. The van der Waals surface area contributed by atoms with E-state index in [1.165, 1.54) is 0 Å². The van der Waals surface area contributed by atoms with E-state index < -0.39 is 0 Å². The van der Waals surface area contributed by atoms with Crippen LogP contribution in [0.15, 0.2) is 42.5 Å². The number of hydrogen-bond acceptors (Lipinski definition) is 3. The molecule has 0 aromatic heterocycles. The van der Waals surface area contributed by atoms with Crippen LogP contribution >= 0.6 is 11.6 Å². The Morgan fingerprint density at radius 2 is 2.00 bits per heavy atom. The first kappa shape index (κ1) is 13.6. The number of methoxy groups -OCH3 is 1. The van der Waals surface area contributed by atoms with Crippen LogP contribution in [0.4, 0.5) is 11.4 Å². The topological polar surface area (TPSA) is 38.5 Å². The van der Waals surface area contributed by atoms with Crippen LogP contribution in [0.3, 0.4) is 0 Å². The van der Waals surface area contributed by atoms with Gasteiger partial charge in [-0.1, -0.05) is 23.7 Å². The van der Waals surface area contributed by atoms with Crippen LogP contribution in [0.25, 0.3) is 0 Å². The van der Waals surface area contributed by atoms with E-state index in [9.17, 15) is 0 Å². The van der Waals surface area contributed by atoms with Crippen LogP contribution in [0.2, 0.25) is 5.02 Å². The number of halogens is 1. The lowest BCUT2D eigenvalue weighted by Gasteiger charge is -2.22. The Kier molecular flexibility index (Phi) is 4.17. The summed E-state index contributed by atoms with van der Waals surface area (Å²) in [7, 11) is 3.65. The molecule has 0 radical (unpaired) electrons. The second kappa shape index (κ2) is 5.85. The summed E-state index contributed by atoms with van der Waals surface area (Å²) in [4.78, 5) is 2.08. The van der Waals surface area contributed by atoms with Gasteiger partial charge < -0.3 is 15.4 Å². The Labute approximate surface area is 118 Å². The molecule has 0 saturated heterocycles. The van der Waals surface area contributed by atoms with Crippen LogP contribution < -0.4 is 15.4 Å². The number of benzene rings is 2. The second-order valence-corrected chi connectivity index (χ2v) is 4.85. The quantitative estimate of drug-likeness (QED) is 0.868. The average Bonchev–Trinajstić information content (AvgIpc) is 2.38. The van der Waals surface area contributed by atoms with Gasteiger partial charge in [0.25, 0.3) is 0 Å². The summed E-state index contributed by atoms with van der Waals surface area (Å²) < 4.78 is 5.36. The third kappa shape index (κ3) is 3.32. The summed E-state index contributed by atoms with van der Waals surface area (Å²) in [5, 5.41) is 0.690. The standard InChI is InChI=1S/C15H17ClN2O/c1-18(10-11-4-3-5-13(17)8-11)14-9-12(16)6-7-15(14)19-2/h3-9H,10,17H2,1-2H3. The van der Waals surface area contributed by atoms with Gasteiger partial charge >= 0.3 is 0 Å². The number of nitrogen functional groups attached to an aromatic ring is 1. The zero-order valence-corrected chi connectivity index (χ0v) is 11.8.